The van der Waals surface area contributed by atoms with Gasteiger partial charge in [0.15, 0.2) is 0 Å². The van der Waals surface area contributed by atoms with E-state index in [9.17, 15) is 10.1 Å². The van der Waals surface area contributed by atoms with Gasteiger partial charge in [0, 0.05) is 13.1 Å². The molecule has 0 saturated carbocycles. The normalized spacial score (nSPS) is 14.8. The van der Waals surface area contributed by atoms with E-state index in [2.05, 4.69) is 14.9 Å². The highest BCUT2D eigenvalue weighted by Gasteiger charge is 2.14. The molecule has 1 saturated heterocycles. The number of rotatable bonds is 2. The summed E-state index contributed by atoms with van der Waals surface area (Å²) in [5, 5.41) is 10.4. The number of hydrogen-bond acceptors (Lipinski definition) is 5. The van der Waals surface area contributed by atoms with Crippen molar-refractivity contribution < 1.29 is 4.92 Å². The minimum Gasteiger partial charge on any atom is -0.341 e. The van der Waals surface area contributed by atoms with Crippen LogP contribution in [0.3, 0.4) is 0 Å². The molecule has 0 bridgehead atoms. The van der Waals surface area contributed by atoms with E-state index in [-0.39, 0.29) is 5.69 Å². The van der Waals surface area contributed by atoms with E-state index in [0.29, 0.717) is 5.95 Å². The van der Waals surface area contributed by atoms with Crippen molar-refractivity contribution in [1.29, 1.82) is 0 Å². The molecular formula is C11H18N4O2. The Kier molecular flexibility index (Phi) is 5.32. The van der Waals surface area contributed by atoms with Gasteiger partial charge in [-0.25, -0.2) is 9.97 Å². The Morgan fingerprint density at radius 2 is 1.71 bits per heavy atom. The first kappa shape index (κ1) is 13.3. The average molecular weight is 238 g/mol. The topological polar surface area (TPSA) is 72.2 Å². The summed E-state index contributed by atoms with van der Waals surface area (Å²) in [6.45, 7) is 5.88. The molecule has 0 aromatic carbocycles. The molecule has 1 aliphatic heterocycles. The number of nitro groups is 1. The SMILES string of the molecule is CC.O=[N+]([O-])c1cnc(N2CCCCC2)nc1. The lowest BCUT2D eigenvalue weighted by atomic mass is 10.1. The molecule has 0 spiro atoms. The number of aromatic nitrogens is 2. The molecule has 6 heteroatoms. The lowest BCUT2D eigenvalue weighted by molar-refractivity contribution is -0.385. The Morgan fingerprint density at radius 3 is 2.18 bits per heavy atom. The number of anilines is 1. The molecule has 0 unspecified atom stereocenters. The summed E-state index contributed by atoms with van der Waals surface area (Å²) in [5.74, 6) is 0.598. The van der Waals surface area contributed by atoms with Crippen LogP contribution in [-0.4, -0.2) is 28.0 Å². The second-order valence-corrected chi connectivity index (χ2v) is 3.55. The first-order valence-corrected chi connectivity index (χ1v) is 5.99. The van der Waals surface area contributed by atoms with Gasteiger partial charge in [-0.15, -0.1) is 0 Å². The molecule has 0 radical (unpaired) electrons. The molecule has 1 fully saturated rings. The third-order valence-corrected chi connectivity index (χ3v) is 2.47. The first-order chi connectivity index (χ1) is 8.27. The fraction of sp³-hybridized carbons (Fsp3) is 0.636. The molecule has 0 atom stereocenters. The van der Waals surface area contributed by atoms with Crippen molar-refractivity contribution in [2.45, 2.75) is 33.1 Å². The van der Waals surface area contributed by atoms with E-state index in [0.717, 1.165) is 25.9 Å². The van der Waals surface area contributed by atoms with Crippen molar-refractivity contribution in [3.8, 4) is 0 Å². The van der Waals surface area contributed by atoms with Crippen molar-refractivity contribution in [3.05, 3.63) is 22.5 Å². The Bertz CT molecular complexity index is 347. The summed E-state index contributed by atoms with van der Waals surface area (Å²) in [4.78, 5) is 20.0. The van der Waals surface area contributed by atoms with E-state index in [1.165, 1.54) is 18.8 Å². The molecule has 6 nitrogen and oxygen atoms in total. The van der Waals surface area contributed by atoms with Crippen LogP contribution in [0, 0.1) is 10.1 Å². The zero-order chi connectivity index (χ0) is 12.7. The van der Waals surface area contributed by atoms with Crippen LogP contribution in [0.1, 0.15) is 33.1 Å². The quantitative estimate of drug-likeness (QED) is 0.584. The third kappa shape index (κ3) is 3.65. The van der Waals surface area contributed by atoms with Gasteiger partial charge in [-0.05, 0) is 19.3 Å². The molecule has 2 heterocycles. The molecule has 17 heavy (non-hydrogen) atoms. The Labute approximate surface area is 101 Å². The largest absolute Gasteiger partial charge is 0.341 e. The standard InChI is InChI=1S/C9H12N4O2.C2H6/c14-13(15)8-6-10-9(11-7-8)12-4-2-1-3-5-12;1-2/h6-7H,1-5H2;1-2H3. The van der Waals surface area contributed by atoms with E-state index >= 15 is 0 Å². The van der Waals surface area contributed by atoms with Crippen LogP contribution in [0.25, 0.3) is 0 Å². The number of nitrogens with zero attached hydrogens (tertiary/aromatic N) is 4. The molecule has 1 aromatic rings. The molecule has 0 N–H and O–H groups in total. The van der Waals surface area contributed by atoms with Crippen molar-refractivity contribution >= 4 is 11.6 Å². The Hall–Kier alpha value is -1.72. The van der Waals surface area contributed by atoms with Gasteiger partial charge in [0.2, 0.25) is 5.95 Å². The molecule has 0 aliphatic carbocycles. The summed E-state index contributed by atoms with van der Waals surface area (Å²) in [6, 6.07) is 0. The maximum absolute atomic E-state index is 10.4. The zero-order valence-corrected chi connectivity index (χ0v) is 10.3. The van der Waals surface area contributed by atoms with Gasteiger partial charge >= 0.3 is 5.69 Å². The maximum atomic E-state index is 10.4. The van der Waals surface area contributed by atoms with Gasteiger partial charge < -0.3 is 4.90 Å². The van der Waals surface area contributed by atoms with Gasteiger partial charge in [0.05, 0.1) is 4.92 Å². The van der Waals surface area contributed by atoms with Crippen molar-refractivity contribution in [3.63, 3.8) is 0 Å². The first-order valence-electron chi connectivity index (χ1n) is 5.99. The van der Waals surface area contributed by atoms with Crippen LogP contribution in [0.15, 0.2) is 12.4 Å². The Morgan fingerprint density at radius 1 is 1.18 bits per heavy atom. The molecule has 1 aromatic heterocycles. The van der Waals surface area contributed by atoms with Crippen LogP contribution >= 0.6 is 0 Å². The number of piperidine rings is 1. The maximum Gasteiger partial charge on any atom is 0.305 e. The molecule has 0 amide bonds. The fourth-order valence-corrected chi connectivity index (χ4v) is 1.67. The lowest BCUT2D eigenvalue weighted by Crippen LogP contribution is -2.30. The molecule has 94 valence electrons. The summed E-state index contributed by atoms with van der Waals surface area (Å²) >= 11 is 0. The highest BCUT2D eigenvalue weighted by atomic mass is 16.6. The summed E-state index contributed by atoms with van der Waals surface area (Å²) < 4.78 is 0. The summed E-state index contributed by atoms with van der Waals surface area (Å²) in [6.07, 6.45) is 6.04. The average Bonchev–Trinajstić information content (AvgIpc) is 2.42. The predicted molar refractivity (Wildman–Crippen MR) is 66.1 cm³/mol. The van der Waals surface area contributed by atoms with Crippen LogP contribution < -0.4 is 4.90 Å². The monoisotopic (exact) mass is 238 g/mol. The van der Waals surface area contributed by atoms with Crippen molar-refractivity contribution in [2.75, 3.05) is 18.0 Å². The van der Waals surface area contributed by atoms with E-state index < -0.39 is 4.92 Å². The summed E-state index contributed by atoms with van der Waals surface area (Å²) in [5.41, 5.74) is -0.0595. The predicted octanol–water partition coefficient (Wildman–Crippen LogP) is 2.40. The van der Waals surface area contributed by atoms with Gasteiger partial charge in [-0.2, -0.15) is 0 Å². The van der Waals surface area contributed by atoms with Gasteiger partial charge in [0.1, 0.15) is 12.4 Å². The van der Waals surface area contributed by atoms with Gasteiger partial charge in [-0.1, -0.05) is 13.8 Å². The van der Waals surface area contributed by atoms with Crippen LogP contribution in [0.5, 0.6) is 0 Å². The minimum atomic E-state index is -0.486. The third-order valence-electron chi connectivity index (χ3n) is 2.47. The molecular weight excluding hydrogens is 220 g/mol. The van der Waals surface area contributed by atoms with E-state index in [4.69, 9.17) is 0 Å². The second-order valence-electron chi connectivity index (χ2n) is 3.55. The summed E-state index contributed by atoms with van der Waals surface area (Å²) in [7, 11) is 0. The minimum absolute atomic E-state index is 0.0595. The smallest absolute Gasteiger partial charge is 0.305 e. The van der Waals surface area contributed by atoms with Gasteiger partial charge in [0.25, 0.3) is 0 Å². The second kappa shape index (κ2) is 6.78. The molecule has 1 aliphatic rings. The highest BCUT2D eigenvalue weighted by Crippen LogP contribution is 2.16. The highest BCUT2D eigenvalue weighted by molar-refractivity contribution is 5.34. The van der Waals surface area contributed by atoms with E-state index in [1.54, 1.807) is 0 Å². The molecule has 2 rings (SSSR count). The van der Waals surface area contributed by atoms with Crippen LogP contribution in [-0.2, 0) is 0 Å². The van der Waals surface area contributed by atoms with Crippen LogP contribution in [0.4, 0.5) is 11.6 Å². The number of hydrogen-bond donors (Lipinski definition) is 0. The van der Waals surface area contributed by atoms with Crippen LogP contribution in [0.2, 0.25) is 0 Å². The lowest BCUT2D eigenvalue weighted by Gasteiger charge is -2.26. The van der Waals surface area contributed by atoms with Gasteiger partial charge in [-0.3, -0.25) is 10.1 Å². The Balaban J connectivity index is 0.000000686. The zero-order valence-electron chi connectivity index (χ0n) is 10.3. The van der Waals surface area contributed by atoms with Crippen molar-refractivity contribution in [2.24, 2.45) is 0 Å². The fourth-order valence-electron chi connectivity index (χ4n) is 1.67. The van der Waals surface area contributed by atoms with Crippen molar-refractivity contribution in [1.82, 2.24) is 9.97 Å². The van der Waals surface area contributed by atoms with E-state index in [1.807, 2.05) is 13.8 Å².